The number of rotatable bonds is 4. The molecule has 1 amide bonds. The van der Waals surface area contributed by atoms with E-state index in [-0.39, 0.29) is 0 Å². The predicted octanol–water partition coefficient (Wildman–Crippen LogP) is 4.24. The number of carbonyl (C=O) groups is 1. The van der Waals surface area contributed by atoms with Gasteiger partial charge in [-0.2, -0.15) is 0 Å². The average molecular weight is 332 g/mol. The molecule has 0 aliphatic heterocycles. The van der Waals surface area contributed by atoms with Crippen molar-refractivity contribution in [2.75, 3.05) is 5.32 Å². The number of primary amides is 1. The molecule has 3 N–H and O–H groups in total. The minimum Gasteiger partial charge on any atom is -0.366 e. The second kappa shape index (κ2) is 7.06. The van der Waals surface area contributed by atoms with Gasteiger partial charge in [0.25, 0.3) is 0 Å². The van der Waals surface area contributed by atoms with Crippen LogP contribution in [0.1, 0.15) is 15.9 Å². The second-order valence-electron chi connectivity index (χ2n) is 5.28. The lowest BCUT2D eigenvalue weighted by molar-refractivity contribution is 0.100. The summed E-state index contributed by atoms with van der Waals surface area (Å²) in [5.74, 6) is -0.469. The average Bonchev–Trinajstić information content (AvgIpc) is 2.63. The minimum atomic E-state index is -0.469. The van der Waals surface area contributed by atoms with E-state index >= 15 is 0 Å². The largest absolute Gasteiger partial charge is 0.366 e. The zero-order chi connectivity index (χ0) is 16.9. The molecule has 0 unspecified atom stereocenters. The van der Waals surface area contributed by atoms with Crippen LogP contribution in [0.3, 0.4) is 0 Å². The van der Waals surface area contributed by atoms with Crippen molar-refractivity contribution < 1.29 is 4.79 Å². The standard InChI is InChI=1S/C20H16N2OS/c21-19(23)16-12-7-13-17(18(16)14-8-3-1-4-9-14)22-20(24)15-10-5-2-6-11-15/h1-13H,(H2,21,23)(H,22,24). The monoisotopic (exact) mass is 332 g/mol. The fourth-order valence-electron chi connectivity index (χ4n) is 2.56. The summed E-state index contributed by atoms with van der Waals surface area (Å²) in [6.45, 7) is 0. The van der Waals surface area contributed by atoms with Crippen LogP contribution < -0.4 is 11.1 Å². The lowest BCUT2D eigenvalue weighted by Crippen LogP contribution is -2.16. The van der Waals surface area contributed by atoms with E-state index in [4.69, 9.17) is 18.0 Å². The van der Waals surface area contributed by atoms with Gasteiger partial charge in [0, 0.05) is 22.4 Å². The molecule has 3 rings (SSSR count). The van der Waals surface area contributed by atoms with Crippen molar-refractivity contribution in [2.45, 2.75) is 0 Å². The summed E-state index contributed by atoms with van der Waals surface area (Å²) in [5.41, 5.74) is 9.35. The van der Waals surface area contributed by atoms with Crippen molar-refractivity contribution in [3.8, 4) is 11.1 Å². The molecule has 0 aliphatic rings. The van der Waals surface area contributed by atoms with Gasteiger partial charge in [0.2, 0.25) is 5.91 Å². The zero-order valence-electron chi connectivity index (χ0n) is 12.9. The van der Waals surface area contributed by atoms with Gasteiger partial charge >= 0.3 is 0 Å². The highest BCUT2D eigenvalue weighted by Crippen LogP contribution is 2.32. The molecular weight excluding hydrogens is 316 g/mol. The highest BCUT2D eigenvalue weighted by molar-refractivity contribution is 7.81. The van der Waals surface area contributed by atoms with E-state index in [0.29, 0.717) is 10.6 Å². The van der Waals surface area contributed by atoms with Crippen LogP contribution >= 0.6 is 12.2 Å². The van der Waals surface area contributed by atoms with Crippen molar-refractivity contribution in [3.63, 3.8) is 0 Å². The lowest BCUT2D eigenvalue weighted by atomic mass is 9.97. The molecule has 4 heteroatoms. The molecule has 0 heterocycles. The van der Waals surface area contributed by atoms with E-state index in [1.54, 1.807) is 12.1 Å². The Labute approximate surface area is 146 Å². The molecule has 118 valence electrons. The van der Waals surface area contributed by atoms with Crippen LogP contribution in [0.5, 0.6) is 0 Å². The van der Waals surface area contributed by atoms with E-state index in [9.17, 15) is 4.79 Å². The van der Waals surface area contributed by atoms with Crippen LogP contribution in [0.15, 0.2) is 78.9 Å². The van der Waals surface area contributed by atoms with Gasteiger partial charge in [0.05, 0.1) is 0 Å². The Morgan fingerprint density at radius 3 is 2.08 bits per heavy atom. The predicted molar refractivity (Wildman–Crippen MR) is 102 cm³/mol. The van der Waals surface area contributed by atoms with Crippen molar-refractivity contribution in [1.82, 2.24) is 0 Å². The smallest absolute Gasteiger partial charge is 0.249 e. The summed E-state index contributed by atoms with van der Waals surface area (Å²) in [6.07, 6.45) is 0. The molecule has 24 heavy (non-hydrogen) atoms. The van der Waals surface area contributed by atoms with Crippen molar-refractivity contribution in [3.05, 3.63) is 90.0 Å². The van der Waals surface area contributed by atoms with Crippen molar-refractivity contribution in [1.29, 1.82) is 0 Å². The molecule has 0 aromatic heterocycles. The first kappa shape index (κ1) is 15.9. The summed E-state index contributed by atoms with van der Waals surface area (Å²) in [7, 11) is 0. The van der Waals surface area contributed by atoms with Crippen molar-refractivity contribution >= 4 is 28.8 Å². The van der Waals surface area contributed by atoms with Gasteiger partial charge in [0.1, 0.15) is 4.99 Å². The Balaban J connectivity index is 2.06. The summed E-state index contributed by atoms with van der Waals surface area (Å²) in [6, 6.07) is 24.8. The van der Waals surface area contributed by atoms with Gasteiger partial charge < -0.3 is 11.1 Å². The van der Waals surface area contributed by atoms with E-state index in [2.05, 4.69) is 5.32 Å². The molecule has 0 saturated carbocycles. The second-order valence-corrected chi connectivity index (χ2v) is 5.69. The maximum atomic E-state index is 11.9. The first-order chi connectivity index (χ1) is 11.7. The molecule has 0 radical (unpaired) electrons. The third kappa shape index (κ3) is 3.34. The van der Waals surface area contributed by atoms with Crippen LogP contribution in [0, 0.1) is 0 Å². The number of nitrogens with one attached hydrogen (secondary N) is 1. The van der Waals surface area contributed by atoms with Gasteiger partial charge in [0.15, 0.2) is 0 Å². The first-order valence-electron chi connectivity index (χ1n) is 7.51. The number of benzene rings is 3. The number of hydrogen-bond donors (Lipinski definition) is 2. The number of anilines is 1. The quantitative estimate of drug-likeness (QED) is 0.703. The Bertz CT molecular complexity index is 877. The molecule has 0 atom stereocenters. The molecule has 3 nitrogen and oxygen atoms in total. The van der Waals surface area contributed by atoms with Crippen molar-refractivity contribution in [2.24, 2.45) is 5.73 Å². The van der Waals surface area contributed by atoms with E-state index in [1.165, 1.54) is 0 Å². The molecule has 3 aromatic rings. The molecular formula is C20H16N2OS. The van der Waals surface area contributed by atoms with E-state index < -0.39 is 5.91 Å². The third-order valence-corrected chi connectivity index (χ3v) is 4.01. The summed E-state index contributed by atoms with van der Waals surface area (Å²) in [5, 5.41) is 3.24. The third-order valence-electron chi connectivity index (χ3n) is 3.68. The van der Waals surface area contributed by atoms with Crippen LogP contribution in [-0.2, 0) is 0 Å². The Kier molecular flexibility index (Phi) is 4.68. The summed E-state index contributed by atoms with van der Waals surface area (Å²) in [4.78, 5) is 12.5. The molecule has 0 spiro atoms. The van der Waals surface area contributed by atoms with Crippen LogP contribution in [-0.4, -0.2) is 10.9 Å². The number of hydrogen-bond acceptors (Lipinski definition) is 2. The number of carbonyl (C=O) groups excluding carboxylic acids is 1. The fourth-order valence-corrected chi connectivity index (χ4v) is 2.81. The van der Waals surface area contributed by atoms with Crippen LogP contribution in [0.25, 0.3) is 11.1 Å². The summed E-state index contributed by atoms with van der Waals surface area (Å²) < 4.78 is 0. The molecule has 0 fully saturated rings. The number of thiocarbonyl (C=S) groups is 1. The minimum absolute atomic E-state index is 0.460. The molecule has 0 bridgehead atoms. The normalized spacial score (nSPS) is 10.2. The maximum absolute atomic E-state index is 11.9. The van der Waals surface area contributed by atoms with Gasteiger partial charge in [-0.05, 0) is 17.7 Å². The lowest BCUT2D eigenvalue weighted by Gasteiger charge is -2.16. The van der Waals surface area contributed by atoms with Gasteiger partial charge in [-0.3, -0.25) is 4.79 Å². The number of amides is 1. The highest BCUT2D eigenvalue weighted by Gasteiger charge is 2.15. The Morgan fingerprint density at radius 2 is 1.46 bits per heavy atom. The van der Waals surface area contributed by atoms with Gasteiger partial charge in [-0.1, -0.05) is 78.9 Å². The first-order valence-corrected chi connectivity index (χ1v) is 7.92. The van der Waals surface area contributed by atoms with Crippen LogP contribution in [0.2, 0.25) is 0 Å². The topological polar surface area (TPSA) is 55.1 Å². The molecule has 3 aromatic carbocycles. The van der Waals surface area contributed by atoms with E-state index in [1.807, 2.05) is 66.7 Å². The zero-order valence-corrected chi connectivity index (χ0v) is 13.7. The van der Waals surface area contributed by atoms with Crippen LogP contribution in [0.4, 0.5) is 5.69 Å². The number of nitrogens with two attached hydrogens (primary N) is 1. The van der Waals surface area contributed by atoms with E-state index in [0.717, 1.165) is 22.4 Å². The fraction of sp³-hybridized carbons (Fsp3) is 0. The highest BCUT2D eigenvalue weighted by atomic mass is 32.1. The molecule has 0 aliphatic carbocycles. The van der Waals surface area contributed by atoms with Gasteiger partial charge in [-0.15, -0.1) is 0 Å². The SMILES string of the molecule is NC(=O)c1cccc(NC(=S)c2ccccc2)c1-c1ccccc1. The maximum Gasteiger partial charge on any atom is 0.249 e. The Hall–Kier alpha value is -2.98. The Morgan fingerprint density at radius 1 is 0.833 bits per heavy atom. The van der Waals surface area contributed by atoms with Gasteiger partial charge in [-0.25, -0.2) is 0 Å². The summed E-state index contributed by atoms with van der Waals surface area (Å²) >= 11 is 5.49. The molecule has 0 saturated heterocycles.